The number of benzene rings is 1. The molecule has 21 heavy (non-hydrogen) atoms. The molecular weight excluding hydrogens is 276 g/mol. The molecule has 2 rings (SSSR count). The highest BCUT2D eigenvalue weighted by Gasteiger charge is 2.14. The smallest absolute Gasteiger partial charge is 0.255 e. The quantitative estimate of drug-likeness (QED) is 0.891. The molecule has 0 amide bonds. The third kappa shape index (κ3) is 3.45. The Hall–Kier alpha value is -2.24. The molecule has 4 nitrogen and oxygen atoms in total. The van der Waals surface area contributed by atoms with Crippen LogP contribution in [0.2, 0.25) is 0 Å². The van der Waals surface area contributed by atoms with E-state index in [1.807, 2.05) is 6.92 Å². The van der Waals surface area contributed by atoms with E-state index >= 15 is 0 Å². The van der Waals surface area contributed by atoms with Crippen LogP contribution in [0.15, 0.2) is 23.0 Å². The van der Waals surface area contributed by atoms with E-state index in [4.69, 9.17) is 0 Å². The molecule has 2 N–H and O–H groups in total. The van der Waals surface area contributed by atoms with E-state index in [0.29, 0.717) is 23.8 Å². The van der Waals surface area contributed by atoms with Crippen LogP contribution in [0.4, 0.5) is 14.7 Å². The van der Waals surface area contributed by atoms with Crippen molar-refractivity contribution >= 4 is 5.95 Å². The lowest BCUT2D eigenvalue weighted by Gasteiger charge is -2.10. The van der Waals surface area contributed by atoms with Crippen molar-refractivity contribution in [2.75, 3.05) is 11.9 Å². The van der Waals surface area contributed by atoms with Crippen molar-refractivity contribution in [2.45, 2.75) is 26.7 Å². The van der Waals surface area contributed by atoms with Crippen LogP contribution in [0, 0.1) is 18.6 Å². The van der Waals surface area contributed by atoms with Crippen LogP contribution < -0.4 is 10.9 Å². The van der Waals surface area contributed by atoms with E-state index in [2.05, 4.69) is 15.3 Å². The second-order valence-corrected chi connectivity index (χ2v) is 4.79. The van der Waals surface area contributed by atoms with Crippen molar-refractivity contribution in [2.24, 2.45) is 0 Å². The Bertz CT molecular complexity index is 678. The van der Waals surface area contributed by atoms with Gasteiger partial charge < -0.3 is 5.32 Å². The number of hydrogen-bond acceptors (Lipinski definition) is 3. The molecule has 6 heteroatoms. The number of nitrogens with one attached hydrogen (secondary N) is 2. The summed E-state index contributed by atoms with van der Waals surface area (Å²) in [6, 6.07) is 3.69. The van der Waals surface area contributed by atoms with Gasteiger partial charge in [-0.05, 0) is 25.5 Å². The molecule has 0 saturated carbocycles. The van der Waals surface area contributed by atoms with E-state index < -0.39 is 11.6 Å². The van der Waals surface area contributed by atoms with Gasteiger partial charge >= 0.3 is 0 Å². The first-order valence-corrected chi connectivity index (χ1v) is 6.79. The highest BCUT2D eigenvalue weighted by atomic mass is 19.1. The third-order valence-corrected chi connectivity index (χ3v) is 3.20. The number of halogens is 2. The minimum atomic E-state index is -0.639. The van der Waals surface area contributed by atoms with Crippen molar-refractivity contribution in [3.63, 3.8) is 0 Å². The Morgan fingerprint density at radius 1 is 1.29 bits per heavy atom. The number of H-pyrrole nitrogens is 1. The molecule has 1 aromatic carbocycles. The van der Waals surface area contributed by atoms with Gasteiger partial charge in [0.05, 0.1) is 5.69 Å². The molecule has 1 aromatic heterocycles. The van der Waals surface area contributed by atoms with Gasteiger partial charge in [0.25, 0.3) is 5.56 Å². The summed E-state index contributed by atoms with van der Waals surface area (Å²) in [6.45, 7) is 4.22. The molecule has 0 saturated heterocycles. The van der Waals surface area contributed by atoms with Crippen LogP contribution in [-0.4, -0.2) is 16.5 Å². The lowest BCUT2D eigenvalue weighted by Crippen LogP contribution is -2.19. The first-order chi connectivity index (χ1) is 10.0. The number of hydrogen-bond donors (Lipinski definition) is 2. The van der Waals surface area contributed by atoms with E-state index in [1.54, 1.807) is 6.92 Å². The van der Waals surface area contributed by atoms with Crippen LogP contribution in [0.25, 0.3) is 0 Å². The zero-order valence-corrected chi connectivity index (χ0v) is 12.0. The van der Waals surface area contributed by atoms with Crippen molar-refractivity contribution in [1.82, 2.24) is 9.97 Å². The fourth-order valence-electron chi connectivity index (χ4n) is 1.95. The number of nitrogens with zero attached hydrogens (tertiary/aromatic N) is 1. The Morgan fingerprint density at radius 3 is 2.57 bits per heavy atom. The monoisotopic (exact) mass is 293 g/mol. The molecule has 0 unspecified atom stereocenters. The minimum absolute atomic E-state index is 0.0605. The fourth-order valence-corrected chi connectivity index (χ4v) is 1.95. The van der Waals surface area contributed by atoms with Gasteiger partial charge in [-0.3, -0.25) is 9.78 Å². The van der Waals surface area contributed by atoms with Gasteiger partial charge in [0, 0.05) is 24.1 Å². The summed E-state index contributed by atoms with van der Waals surface area (Å²) >= 11 is 0. The molecule has 0 radical (unpaired) electrons. The molecule has 0 aliphatic rings. The molecule has 2 aromatic rings. The molecule has 1 heterocycles. The second kappa shape index (κ2) is 6.47. The molecule has 0 fully saturated rings. The molecule has 0 spiro atoms. The first kappa shape index (κ1) is 15.2. The summed E-state index contributed by atoms with van der Waals surface area (Å²) in [5.41, 5.74) is 0.330. The third-order valence-electron chi connectivity index (χ3n) is 3.20. The number of anilines is 1. The predicted molar refractivity (Wildman–Crippen MR) is 77.5 cm³/mol. The standard InChI is InChI=1S/C15H17F2N3O/c1-3-7-18-15-19-13(9(2)14(21)20-15)8-10-11(16)5-4-6-12(10)17/h4-6H,3,7-8H2,1-2H3,(H2,18,19,20,21). The highest BCUT2D eigenvalue weighted by molar-refractivity contribution is 5.33. The average molecular weight is 293 g/mol. The topological polar surface area (TPSA) is 57.8 Å². The van der Waals surface area contributed by atoms with E-state index in [0.717, 1.165) is 6.42 Å². The summed E-state index contributed by atoms with van der Waals surface area (Å²) in [5.74, 6) is -0.960. The van der Waals surface area contributed by atoms with Gasteiger partial charge in [0.2, 0.25) is 5.95 Å². The Morgan fingerprint density at radius 2 is 1.95 bits per heavy atom. The zero-order valence-electron chi connectivity index (χ0n) is 12.0. The Kier molecular flexibility index (Phi) is 4.67. The maximum atomic E-state index is 13.7. The lowest BCUT2D eigenvalue weighted by molar-refractivity contribution is 0.560. The minimum Gasteiger partial charge on any atom is -0.356 e. The maximum Gasteiger partial charge on any atom is 0.255 e. The molecule has 0 aliphatic carbocycles. The van der Waals surface area contributed by atoms with Gasteiger partial charge in [0.15, 0.2) is 0 Å². The summed E-state index contributed by atoms with van der Waals surface area (Å²) in [6.07, 6.45) is 0.809. The van der Waals surface area contributed by atoms with Gasteiger partial charge in [-0.15, -0.1) is 0 Å². The summed E-state index contributed by atoms with van der Waals surface area (Å²) in [7, 11) is 0. The summed E-state index contributed by atoms with van der Waals surface area (Å²) in [5, 5.41) is 2.96. The van der Waals surface area contributed by atoms with Crippen molar-refractivity contribution in [3.05, 3.63) is 57.0 Å². The maximum absolute atomic E-state index is 13.7. The predicted octanol–water partition coefficient (Wildman–Crippen LogP) is 2.77. The molecule has 0 bridgehead atoms. The van der Waals surface area contributed by atoms with Gasteiger partial charge in [0.1, 0.15) is 11.6 Å². The van der Waals surface area contributed by atoms with E-state index in [1.165, 1.54) is 18.2 Å². The Labute approximate surface area is 121 Å². The number of aromatic nitrogens is 2. The number of rotatable bonds is 5. The molecular formula is C15H17F2N3O. The van der Waals surface area contributed by atoms with Crippen LogP contribution in [0.1, 0.15) is 30.2 Å². The lowest BCUT2D eigenvalue weighted by atomic mass is 10.1. The normalized spacial score (nSPS) is 10.7. The second-order valence-electron chi connectivity index (χ2n) is 4.79. The van der Waals surface area contributed by atoms with Crippen molar-refractivity contribution in [1.29, 1.82) is 0 Å². The van der Waals surface area contributed by atoms with Crippen LogP contribution >= 0.6 is 0 Å². The summed E-state index contributed by atoms with van der Waals surface area (Å²) in [4.78, 5) is 18.7. The highest BCUT2D eigenvalue weighted by Crippen LogP contribution is 2.17. The first-order valence-electron chi connectivity index (χ1n) is 6.79. The Balaban J connectivity index is 2.39. The largest absolute Gasteiger partial charge is 0.356 e. The van der Waals surface area contributed by atoms with Crippen LogP contribution in [-0.2, 0) is 6.42 Å². The zero-order chi connectivity index (χ0) is 15.4. The van der Waals surface area contributed by atoms with Gasteiger partial charge in [-0.25, -0.2) is 13.8 Å². The van der Waals surface area contributed by atoms with Crippen LogP contribution in [0.5, 0.6) is 0 Å². The molecule has 0 atom stereocenters. The average Bonchev–Trinajstić information content (AvgIpc) is 2.45. The SMILES string of the molecule is CCCNc1nc(Cc2c(F)cccc2F)c(C)c(=O)[nH]1. The molecule has 0 aliphatic heterocycles. The van der Waals surface area contributed by atoms with E-state index in [9.17, 15) is 13.6 Å². The van der Waals surface area contributed by atoms with Crippen molar-refractivity contribution in [3.8, 4) is 0 Å². The van der Waals surface area contributed by atoms with Gasteiger partial charge in [-0.1, -0.05) is 13.0 Å². The molecule has 112 valence electrons. The van der Waals surface area contributed by atoms with Crippen LogP contribution in [0.3, 0.4) is 0 Å². The fraction of sp³-hybridized carbons (Fsp3) is 0.333. The summed E-state index contributed by atoms with van der Waals surface area (Å²) < 4.78 is 27.4. The van der Waals surface area contributed by atoms with Crippen molar-refractivity contribution < 1.29 is 8.78 Å². The van der Waals surface area contributed by atoms with Gasteiger partial charge in [-0.2, -0.15) is 0 Å². The number of aromatic amines is 1. The van der Waals surface area contributed by atoms with E-state index in [-0.39, 0.29) is 17.5 Å².